The summed E-state index contributed by atoms with van der Waals surface area (Å²) in [7, 11) is -2.03. The van der Waals surface area contributed by atoms with Crippen molar-refractivity contribution >= 4 is 38.9 Å². The molecule has 1 heterocycles. The quantitative estimate of drug-likeness (QED) is 0.855. The van der Waals surface area contributed by atoms with Crippen LogP contribution in [0.2, 0.25) is 5.02 Å². The summed E-state index contributed by atoms with van der Waals surface area (Å²) in [6.07, 6.45) is 0. The molecule has 3 rings (SSSR count). The van der Waals surface area contributed by atoms with E-state index in [1.54, 1.807) is 55.6 Å². The number of likely N-dealkylation sites (N-methyl/N-ethyl adjacent to an activating group) is 1. The van der Waals surface area contributed by atoms with Gasteiger partial charge in [0.2, 0.25) is 15.9 Å². The van der Waals surface area contributed by atoms with E-state index in [0.29, 0.717) is 22.0 Å². The van der Waals surface area contributed by atoms with Crippen molar-refractivity contribution in [1.82, 2.24) is 0 Å². The van der Waals surface area contributed by atoms with Gasteiger partial charge < -0.3 is 4.90 Å². The van der Waals surface area contributed by atoms with E-state index in [-0.39, 0.29) is 18.2 Å². The highest BCUT2D eigenvalue weighted by atomic mass is 35.5. The molecule has 0 radical (unpaired) electrons. The first kappa shape index (κ1) is 15.8. The minimum absolute atomic E-state index is 0.185. The highest BCUT2D eigenvalue weighted by Crippen LogP contribution is 2.34. The number of hydrogen-bond acceptors (Lipinski definition) is 3. The standard InChI is InChI=1S/C16H15ClN2O3S/c1-18-14-4-2-3-5-15(14)19(10-16(18)20)23(21,22)11-12-6-8-13(17)9-7-12/h2-9H,10-11H2,1H3. The molecule has 0 aromatic heterocycles. The predicted molar refractivity (Wildman–Crippen MR) is 91.3 cm³/mol. The number of carbonyl (C=O) groups excluding carboxylic acids is 1. The molecular formula is C16H15ClN2O3S. The number of carbonyl (C=O) groups is 1. The van der Waals surface area contributed by atoms with Crippen molar-refractivity contribution in [1.29, 1.82) is 0 Å². The Labute approximate surface area is 140 Å². The van der Waals surface area contributed by atoms with Crippen LogP contribution in [-0.4, -0.2) is 27.9 Å². The van der Waals surface area contributed by atoms with E-state index in [2.05, 4.69) is 0 Å². The van der Waals surface area contributed by atoms with E-state index < -0.39 is 10.0 Å². The molecule has 1 aliphatic rings. The number of sulfonamides is 1. The van der Waals surface area contributed by atoms with Crippen molar-refractivity contribution in [2.24, 2.45) is 0 Å². The van der Waals surface area contributed by atoms with E-state index in [1.165, 1.54) is 9.21 Å². The van der Waals surface area contributed by atoms with Crippen LogP contribution >= 0.6 is 11.6 Å². The van der Waals surface area contributed by atoms with Gasteiger partial charge in [0.25, 0.3) is 0 Å². The van der Waals surface area contributed by atoms with Gasteiger partial charge in [-0.25, -0.2) is 8.42 Å². The van der Waals surface area contributed by atoms with Crippen LogP contribution in [0.15, 0.2) is 48.5 Å². The molecular weight excluding hydrogens is 336 g/mol. The molecule has 2 aromatic rings. The lowest BCUT2D eigenvalue weighted by Gasteiger charge is -2.34. The van der Waals surface area contributed by atoms with Gasteiger partial charge in [-0.15, -0.1) is 0 Å². The molecule has 7 heteroatoms. The normalized spacial score (nSPS) is 14.8. The molecule has 0 bridgehead atoms. The number of amides is 1. The Morgan fingerprint density at radius 1 is 1.04 bits per heavy atom. The third-order valence-corrected chi connectivity index (χ3v) is 5.71. The number of para-hydroxylation sites is 2. The zero-order valence-corrected chi connectivity index (χ0v) is 14.0. The smallest absolute Gasteiger partial charge is 0.247 e. The van der Waals surface area contributed by atoms with Crippen LogP contribution in [0.1, 0.15) is 5.56 Å². The van der Waals surface area contributed by atoms with Crippen LogP contribution in [-0.2, 0) is 20.6 Å². The summed E-state index contributed by atoms with van der Waals surface area (Å²) in [5.74, 6) is -0.446. The van der Waals surface area contributed by atoms with Crippen molar-refractivity contribution in [2.75, 3.05) is 22.8 Å². The van der Waals surface area contributed by atoms with Crippen molar-refractivity contribution in [3.63, 3.8) is 0 Å². The van der Waals surface area contributed by atoms with E-state index in [4.69, 9.17) is 11.6 Å². The zero-order valence-electron chi connectivity index (χ0n) is 12.4. The SMILES string of the molecule is CN1C(=O)CN(S(=O)(=O)Cc2ccc(Cl)cc2)c2ccccc21. The largest absolute Gasteiger partial charge is 0.312 e. The molecule has 0 spiro atoms. The number of nitrogens with zero attached hydrogens (tertiary/aromatic N) is 2. The van der Waals surface area contributed by atoms with E-state index in [9.17, 15) is 13.2 Å². The minimum atomic E-state index is -3.68. The van der Waals surface area contributed by atoms with Gasteiger partial charge in [0.1, 0.15) is 6.54 Å². The van der Waals surface area contributed by atoms with Gasteiger partial charge >= 0.3 is 0 Å². The summed E-state index contributed by atoms with van der Waals surface area (Å²) in [6, 6.07) is 13.6. The van der Waals surface area contributed by atoms with Crippen LogP contribution < -0.4 is 9.21 Å². The summed E-state index contributed by atoms with van der Waals surface area (Å²) in [5, 5.41) is 0.547. The van der Waals surface area contributed by atoms with Crippen LogP contribution in [0.4, 0.5) is 11.4 Å². The van der Waals surface area contributed by atoms with Crippen molar-refractivity contribution in [3.8, 4) is 0 Å². The Hall–Kier alpha value is -2.05. The minimum Gasteiger partial charge on any atom is -0.312 e. The molecule has 0 fully saturated rings. The predicted octanol–water partition coefficient (Wildman–Crippen LogP) is 2.65. The van der Waals surface area contributed by atoms with Gasteiger partial charge in [-0.2, -0.15) is 0 Å². The molecule has 0 N–H and O–H groups in total. The molecule has 0 unspecified atom stereocenters. The Kier molecular flexibility index (Phi) is 4.04. The second-order valence-corrected chi connectivity index (χ2v) is 7.66. The second kappa shape index (κ2) is 5.86. The highest BCUT2D eigenvalue weighted by molar-refractivity contribution is 7.92. The first-order valence-corrected chi connectivity index (χ1v) is 8.97. The van der Waals surface area contributed by atoms with Crippen molar-refractivity contribution in [2.45, 2.75) is 5.75 Å². The molecule has 5 nitrogen and oxygen atoms in total. The molecule has 2 aromatic carbocycles. The lowest BCUT2D eigenvalue weighted by molar-refractivity contribution is -0.117. The first-order chi connectivity index (χ1) is 10.9. The van der Waals surface area contributed by atoms with E-state index in [0.717, 1.165) is 0 Å². The number of anilines is 2. The van der Waals surface area contributed by atoms with Gasteiger partial charge in [0.05, 0.1) is 17.1 Å². The monoisotopic (exact) mass is 350 g/mol. The summed E-state index contributed by atoms with van der Waals surface area (Å²) in [6.45, 7) is -0.191. The topological polar surface area (TPSA) is 57.7 Å². The van der Waals surface area contributed by atoms with Gasteiger partial charge in [0, 0.05) is 12.1 Å². The van der Waals surface area contributed by atoms with Crippen LogP contribution in [0.3, 0.4) is 0 Å². The first-order valence-electron chi connectivity index (χ1n) is 6.99. The van der Waals surface area contributed by atoms with Gasteiger partial charge in [0.15, 0.2) is 0 Å². The maximum Gasteiger partial charge on any atom is 0.247 e. The molecule has 120 valence electrons. The van der Waals surface area contributed by atoms with Crippen LogP contribution in [0, 0.1) is 0 Å². The third-order valence-electron chi connectivity index (χ3n) is 3.76. The Bertz CT molecular complexity index is 850. The van der Waals surface area contributed by atoms with E-state index in [1.807, 2.05) is 0 Å². The number of halogens is 1. The van der Waals surface area contributed by atoms with Gasteiger partial charge in [-0.1, -0.05) is 35.9 Å². The molecule has 0 atom stereocenters. The van der Waals surface area contributed by atoms with Gasteiger partial charge in [-0.3, -0.25) is 9.10 Å². The summed E-state index contributed by atoms with van der Waals surface area (Å²) >= 11 is 5.82. The maximum absolute atomic E-state index is 12.8. The fourth-order valence-electron chi connectivity index (χ4n) is 2.52. The Morgan fingerprint density at radius 3 is 2.30 bits per heavy atom. The highest BCUT2D eigenvalue weighted by Gasteiger charge is 2.33. The molecule has 0 aliphatic carbocycles. The van der Waals surface area contributed by atoms with Crippen LogP contribution in [0.25, 0.3) is 0 Å². The molecule has 23 heavy (non-hydrogen) atoms. The van der Waals surface area contributed by atoms with Crippen LogP contribution in [0.5, 0.6) is 0 Å². The fourth-order valence-corrected chi connectivity index (χ4v) is 4.18. The maximum atomic E-state index is 12.8. The average Bonchev–Trinajstić information content (AvgIpc) is 2.53. The number of hydrogen-bond donors (Lipinski definition) is 0. The van der Waals surface area contributed by atoms with E-state index >= 15 is 0 Å². The van der Waals surface area contributed by atoms with Crippen molar-refractivity contribution in [3.05, 3.63) is 59.1 Å². The summed E-state index contributed by atoms with van der Waals surface area (Å²) in [4.78, 5) is 13.6. The molecule has 1 amide bonds. The lowest BCUT2D eigenvalue weighted by atomic mass is 10.2. The fraction of sp³-hybridized carbons (Fsp3) is 0.188. The molecule has 1 aliphatic heterocycles. The van der Waals surface area contributed by atoms with Crippen molar-refractivity contribution < 1.29 is 13.2 Å². The second-order valence-electron chi connectivity index (χ2n) is 5.33. The molecule has 0 saturated heterocycles. The zero-order chi connectivity index (χ0) is 16.6. The summed E-state index contributed by atoms with van der Waals surface area (Å²) in [5.41, 5.74) is 1.73. The summed E-state index contributed by atoms with van der Waals surface area (Å²) < 4.78 is 26.7. The lowest BCUT2D eigenvalue weighted by Crippen LogP contribution is -2.46. The number of rotatable bonds is 3. The number of fused-ring (bicyclic) bond motifs is 1. The number of benzene rings is 2. The van der Waals surface area contributed by atoms with Gasteiger partial charge in [-0.05, 0) is 29.8 Å². The average molecular weight is 351 g/mol. The third kappa shape index (κ3) is 3.04. The molecule has 0 saturated carbocycles. The Morgan fingerprint density at radius 2 is 1.65 bits per heavy atom. The Balaban J connectivity index is 1.98.